The summed E-state index contributed by atoms with van der Waals surface area (Å²) in [5, 5.41) is 3.56. The number of nitrogens with one attached hydrogen (secondary N) is 1. The second kappa shape index (κ2) is 5.61. The van der Waals surface area contributed by atoms with E-state index in [-0.39, 0.29) is 5.54 Å². The van der Waals surface area contributed by atoms with E-state index in [1.54, 1.807) is 0 Å². The molecule has 0 saturated heterocycles. The molecule has 0 bridgehead atoms. The van der Waals surface area contributed by atoms with Gasteiger partial charge in [0.05, 0.1) is 0 Å². The molecule has 0 aliphatic rings. The van der Waals surface area contributed by atoms with E-state index in [0.717, 1.165) is 6.54 Å². The molecule has 80 valence electrons. The Morgan fingerprint density at radius 2 is 1.85 bits per heavy atom. The fourth-order valence-electron chi connectivity index (χ4n) is 1.59. The summed E-state index contributed by atoms with van der Waals surface area (Å²) in [4.78, 5) is 2.32. The Kier molecular flexibility index (Phi) is 5.57. The third-order valence-electron chi connectivity index (χ3n) is 3.37. The van der Waals surface area contributed by atoms with Crippen LogP contribution in [0.3, 0.4) is 0 Å². The van der Waals surface area contributed by atoms with Crippen LogP contribution in [-0.4, -0.2) is 37.1 Å². The van der Waals surface area contributed by atoms with E-state index in [0.29, 0.717) is 6.04 Å². The number of hydrogen-bond donors (Lipinski definition) is 1. The van der Waals surface area contributed by atoms with Gasteiger partial charge in [0.2, 0.25) is 0 Å². The maximum absolute atomic E-state index is 3.56. The second-order valence-electron chi connectivity index (χ2n) is 4.28. The summed E-state index contributed by atoms with van der Waals surface area (Å²) in [5.41, 5.74) is 0.273. The number of likely N-dealkylation sites (N-methyl/N-ethyl adjacent to an activating group) is 1. The minimum absolute atomic E-state index is 0.273. The summed E-state index contributed by atoms with van der Waals surface area (Å²) < 4.78 is 0. The second-order valence-corrected chi connectivity index (χ2v) is 4.28. The minimum atomic E-state index is 0.273. The molecular weight excluding hydrogens is 160 g/mol. The molecule has 0 aromatic rings. The summed E-state index contributed by atoms with van der Waals surface area (Å²) in [7, 11) is 4.32. The molecule has 0 aromatic carbocycles. The van der Waals surface area contributed by atoms with Crippen molar-refractivity contribution in [3.8, 4) is 0 Å². The summed E-state index contributed by atoms with van der Waals surface area (Å²) in [6.07, 6.45) is 2.38. The highest BCUT2D eigenvalue weighted by molar-refractivity contribution is 4.91. The van der Waals surface area contributed by atoms with E-state index in [2.05, 4.69) is 52.0 Å². The van der Waals surface area contributed by atoms with E-state index < -0.39 is 0 Å². The molecule has 0 radical (unpaired) electrons. The van der Waals surface area contributed by atoms with Crippen LogP contribution in [-0.2, 0) is 0 Å². The van der Waals surface area contributed by atoms with Crippen molar-refractivity contribution < 1.29 is 0 Å². The Morgan fingerprint density at radius 1 is 1.31 bits per heavy atom. The molecule has 0 saturated carbocycles. The zero-order valence-corrected chi connectivity index (χ0v) is 10.1. The topological polar surface area (TPSA) is 15.3 Å². The predicted molar refractivity (Wildman–Crippen MR) is 60.1 cm³/mol. The zero-order valence-electron chi connectivity index (χ0n) is 10.1. The number of hydrogen-bond acceptors (Lipinski definition) is 2. The molecule has 0 amide bonds. The number of rotatable bonds is 6. The molecule has 0 aromatic heterocycles. The molecule has 0 aliphatic heterocycles. The van der Waals surface area contributed by atoms with Gasteiger partial charge in [-0.2, -0.15) is 0 Å². The standard InChI is InChI=1S/C11H26N2/c1-7-9-12-10(3)11(4,8-2)13(5)6/h10,12H,7-9H2,1-6H3. The third kappa shape index (κ3) is 3.28. The van der Waals surface area contributed by atoms with Crippen molar-refractivity contribution in [1.29, 1.82) is 0 Å². The zero-order chi connectivity index (χ0) is 10.5. The highest BCUT2D eigenvalue weighted by atomic mass is 15.2. The lowest BCUT2D eigenvalue weighted by Gasteiger charge is -2.41. The molecule has 0 rings (SSSR count). The molecular formula is C11H26N2. The van der Waals surface area contributed by atoms with Gasteiger partial charge in [0, 0.05) is 11.6 Å². The van der Waals surface area contributed by atoms with Crippen LogP contribution in [0.25, 0.3) is 0 Å². The number of nitrogens with zero attached hydrogens (tertiary/aromatic N) is 1. The maximum atomic E-state index is 3.56. The van der Waals surface area contributed by atoms with Gasteiger partial charge in [-0.15, -0.1) is 0 Å². The SMILES string of the molecule is CCCNC(C)C(C)(CC)N(C)C. The monoisotopic (exact) mass is 186 g/mol. The van der Waals surface area contributed by atoms with Gasteiger partial charge >= 0.3 is 0 Å². The normalized spacial score (nSPS) is 18.7. The van der Waals surface area contributed by atoms with Crippen molar-refractivity contribution in [2.45, 2.75) is 52.1 Å². The van der Waals surface area contributed by atoms with E-state index >= 15 is 0 Å². The van der Waals surface area contributed by atoms with Crippen LogP contribution in [0.1, 0.15) is 40.5 Å². The Balaban J connectivity index is 4.20. The Bertz CT molecular complexity index is 134. The summed E-state index contributed by atoms with van der Waals surface area (Å²) in [6.45, 7) is 10.2. The van der Waals surface area contributed by atoms with E-state index in [1.165, 1.54) is 12.8 Å². The smallest absolute Gasteiger partial charge is 0.0323 e. The highest BCUT2D eigenvalue weighted by Crippen LogP contribution is 2.20. The lowest BCUT2D eigenvalue weighted by Crippen LogP contribution is -2.55. The molecule has 13 heavy (non-hydrogen) atoms. The van der Waals surface area contributed by atoms with Crippen molar-refractivity contribution in [3.05, 3.63) is 0 Å². The molecule has 0 spiro atoms. The Labute approximate surface area is 83.7 Å². The predicted octanol–water partition coefficient (Wildman–Crippen LogP) is 2.10. The van der Waals surface area contributed by atoms with Crippen molar-refractivity contribution in [2.24, 2.45) is 0 Å². The van der Waals surface area contributed by atoms with Crippen molar-refractivity contribution in [2.75, 3.05) is 20.6 Å². The third-order valence-corrected chi connectivity index (χ3v) is 3.37. The van der Waals surface area contributed by atoms with Crippen molar-refractivity contribution >= 4 is 0 Å². The van der Waals surface area contributed by atoms with Gasteiger partial charge in [-0.3, -0.25) is 0 Å². The van der Waals surface area contributed by atoms with Gasteiger partial charge in [0.1, 0.15) is 0 Å². The van der Waals surface area contributed by atoms with Crippen LogP contribution < -0.4 is 5.32 Å². The summed E-state index contributed by atoms with van der Waals surface area (Å²) >= 11 is 0. The molecule has 1 N–H and O–H groups in total. The van der Waals surface area contributed by atoms with Gasteiger partial charge in [-0.25, -0.2) is 0 Å². The van der Waals surface area contributed by atoms with Crippen molar-refractivity contribution in [3.63, 3.8) is 0 Å². The van der Waals surface area contributed by atoms with Crippen LogP contribution in [0.15, 0.2) is 0 Å². The first-order valence-electron chi connectivity index (χ1n) is 5.39. The lowest BCUT2D eigenvalue weighted by molar-refractivity contribution is 0.121. The fourth-order valence-corrected chi connectivity index (χ4v) is 1.59. The van der Waals surface area contributed by atoms with Gasteiger partial charge in [0.25, 0.3) is 0 Å². The van der Waals surface area contributed by atoms with Gasteiger partial charge in [0.15, 0.2) is 0 Å². The van der Waals surface area contributed by atoms with Crippen molar-refractivity contribution in [1.82, 2.24) is 10.2 Å². The first-order valence-corrected chi connectivity index (χ1v) is 5.39. The van der Waals surface area contributed by atoms with Crippen LogP contribution in [0.5, 0.6) is 0 Å². The molecule has 2 nitrogen and oxygen atoms in total. The first-order chi connectivity index (χ1) is 5.99. The molecule has 2 heteroatoms. The van der Waals surface area contributed by atoms with Crippen LogP contribution in [0, 0.1) is 0 Å². The van der Waals surface area contributed by atoms with E-state index in [4.69, 9.17) is 0 Å². The first kappa shape index (κ1) is 12.9. The maximum Gasteiger partial charge on any atom is 0.0323 e. The van der Waals surface area contributed by atoms with Gasteiger partial charge in [-0.1, -0.05) is 13.8 Å². The molecule has 2 unspecified atom stereocenters. The van der Waals surface area contributed by atoms with Gasteiger partial charge < -0.3 is 10.2 Å². The Hall–Kier alpha value is -0.0800. The summed E-state index contributed by atoms with van der Waals surface area (Å²) in [6, 6.07) is 0.549. The highest BCUT2D eigenvalue weighted by Gasteiger charge is 2.30. The average molecular weight is 186 g/mol. The van der Waals surface area contributed by atoms with E-state index in [1.807, 2.05) is 0 Å². The largest absolute Gasteiger partial charge is 0.312 e. The van der Waals surface area contributed by atoms with E-state index in [9.17, 15) is 0 Å². The molecule has 0 fully saturated rings. The molecule has 0 aliphatic carbocycles. The average Bonchev–Trinajstić information content (AvgIpc) is 2.12. The molecule has 2 atom stereocenters. The van der Waals surface area contributed by atoms with Crippen LogP contribution in [0.4, 0.5) is 0 Å². The molecule has 0 heterocycles. The van der Waals surface area contributed by atoms with Gasteiger partial charge in [-0.05, 0) is 47.3 Å². The van der Waals surface area contributed by atoms with Crippen LogP contribution in [0.2, 0.25) is 0 Å². The minimum Gasteiger partial charge on any atom is -0.312 e. The quantitative estimate of drug-likeness (QED) is 0.683. The Morgan fingerprint density at radius 3 is 2.15 bits per heavy atom. The van der Waals surface area contributed by atoms with Crippen LogP contribution >= 0.6 is 0 Å². The summed E-state index contributed by atoms with van der Waals surface area (Å²) in [5.74, 6) is 0. The fraction of sp³-hybridized carbons (Fsp3) is 1.00. The lowest BCUT2D eigenvalue weighted by atomic mass is 9.89.